The quantitative estimate of drug-likeness (QED) is 0.866. The predicted octanol–water partition coefficient (Wildman–Crippen LogP) is 3.24. The van der Waals surface area contributed by atoms with Crippen molar-refractivity contribution >= 4 is 0 Å². The van der Waals surface area contributed by atoms with Crippen LogP contribution in [0.1, 0.15) is 49.8 Å². The van der Waals surface area contributed by atoms with Gasteiger partial charge in [0.1, 0.15) is 0 Å². The Labute approximate surface area is 104 Å². The predicted molar refractivity (Wildman–Crippen MR) is 71.0 cm³/mol. The number of ether oxygens (including phenoxy) is 1. The first kappa shape index (κ1) is 12.6. The normalized spacial score (nSPS) is 22.0. The fourth-order valence-corrected chi connectivity index (χ4v) is 2.39. The van der Waals surface area contributed by atoms with E-state index in [0.717, 1.165) is 26.1 Å². The standard InChI is InChI=1S/C15H23NO/c1-11(2)13-3-5-14(6-4-13)15(16)9-12-7-8-17-10-12/h3-6,11-12,15H,7-10,16H2,1-2H3. The van der Waals surface area contributed by atoms with Crippen LogP contribution in [0, 0.1) is 5.92 Å². The van der Waals surface area contributed by atoms with Crippen molar-refractivity contribution in [2.24, 2.45) is 11.7 Å². The number of nitrogens with two attached hydrogens (primary N) is 1. The van der Waals surface area contributed by atoms with E-state index in [4.69, 9.17) is 10.5 Å². The zero-order valence-corrected chi connectivity index (χ0v) is 10.9. The molecule has 1 aliphatic heterocycles. The van der Waals surface area contributed by atoms with Gasteiger partial charge in [-0.15, -0.1) is 0 Å². The Balaban J connectivity index is 1.96. The van der Waals surface area contributed by atoms with E-state index in [1.165, 1.54) is 11.1 Å². The van der Waals surface area contributed by atoms with Crippen molar-refractivity contribution < 1.29 is 4.74 Å². The molecule has 1 aliphatic rings. The van der Waals surface area contributed by atoms with Crippen LogP contribution in [0.15, 0.2) is 24.3 Å². The molecular formula is C15H23NO. The second-order valence-corrected chi connectivity index (χ2v) is 5.39. The molecule has 0 aliphatic carbocycles. The highest BCUT2D eigenvalue weighted by Crippen LogP contribution is 2.25. The van der Waals surface area contributed by atoms with Gasteiger partial charge in [-0.2, -0.15) is 0 Å². The second-order valence-electron chi connectivity index (χ2n) is 5.39. The van der Waals surface area contributed by atoms with Crippen molar-refractivity contribution in [2.75, 3.05) is 13.2 Å². The van der Waals surface area contributed by atoms with Gasteiger partial charge in [0.05, 0.1) is 0 Å². The van der Waals surface area contributed by atoms with Crippen LogP contribution in [-0.2, 0) is 4.74 Å². The van der Waals surface area contributed by atoms with Crippen molar-refractivity contribution in [3.63, 3.8) is 0 Å². The molecule has 0 aromatic heterocycles. The van der Waals surface area contributed by atoms with Crippen LogP contribution in [-0.4, -0.2) is 13.2 Å². The maximum atomic E-state index is 6.25. The highest BCUT2D eigenvalue weighted by Gasteiger charge is 2.19. The summed E-state index contributed by atoms with van der Waals surface area (Å²) in [6.45, 7) is 6.22. The number of rotatable bonds is 4. The van der Waals surface area contributed by atoms with Gasteiger partial charge in [-0.25, -0.2) is 0 Å². The Hall–Kier alpha value is -0.860. The van der Waals surface area contributed by atoms with Crippen molar-refractivity contribution in [1.82, 2.24) is 0 Å². The van der Waals surface area contributed by atoms with Gasteiger partial charge in [0.25, 0.3) is 0 Å². The van der Waals surface area contributed by atoms with Crippen LogP contribution in [0.4, 0.5) is 0 Å². The molecule has 2 N–H and O–H groups in total. The minimum absolute atomic E-state index is 0.155. The summed E-state index contributed by atoms with van der Waals surface area (Å²) in [5, 5.41) is 0. The van der Waals surface area contributed by atoms with E-state index >= 15 is 0 Å². The molecule has 0 saturated carbocycles. The molecule has 2 heteroatoms. The molecule has 17 heavy (non-hydrogen) atoms. The summed E-state index contributed by atoms with van der Waals surface area (Å²) in [6.07, 6.45) is 2.21. The molecule has 1 saturated heterocycles. The first-order valence-corrected chi connectivity index (χ1v) is 6.60. The van der Waals surface area contributed by atoms with Gasteiger partial charge in [0.15, 0.2) is 0 Å². The molecule has 0 bridgehead atoms. The second kappa shape index (κ2) is 5.65. The van der Waals surface area contributed by atoms with Crippen molar-refractivity contribution in [1.29, 1.82) is 0 Å². The summed E-state index contributed by atoms with van der Waals surface area (Å²) in [7, 11) is 0. The first-order chi connectivity index (χ1) is 8.16. The zero-order valence-electron chi connectivity index (χ0n) is 10.9. The summed E-state index contributed by atoms with van der Waals surface area (Å²) in [5.41, 5.74) is 8.88. The third-order valence-corrected chi connectivity index (χ3v) is 3.64. The van der Waals surface area contributed by atoms with Gasteiger partial charge < -0.3 is 10.5 Å². The van der Waals surface area contributed by atoms with Crippen LogP contribution < -0.4 is 5.73 Å². The van der Waals surface area contributed by atoms with E-state index in [2.05, 4.69) is 38.1 Å². The topological polar surface area (TPSA) is 35.2 Å². The van der Waals surface area contributed by atoms with Crippen LogP contribution in [0.5, 0.6) is 0 Å². The molecule has 2 unspecified atom stereocenters. The summed E-state index contributed by atoms with van der Waals surface area (Å²) < 4.78 is 5.39. The third kappa shape index (κ3) is 3.30. The monoisotopic (exact) mass is 233 g/mol. The van der Waals surface area contributed by atoms with Gasteiger partial charge in [-0.3, -0.25) is 0 Å². The van der Waals surface area contributed by atoms with E-state index in [1.54, 1.807) is 0 Å². The first-order valence-electron chi connectivity index (χ1n) is 6.60. The number of hydrogen-bond donors (Lipinski definition) is 1. The lowest BCUT2D eigenvalue weighted by Crippen LogP contribution is -2.15. The van der Waals surface area contributed by atoms with Gasteiger partial charge in [-0.1, -0.05) is 38.1 Å². The smallest absolute Gasteiger partial charge is 0.0495 e. The van der Waals surface area contributed by atoms with Crippen molar-refractivity contribution in [3.8, 4) is 0 Å². The van der Waals surface area contributed by atoms with Gasteiger partial charge in [0.2, 0.25) is 0 Å². The van der Waals surface area contributed by atoms with Gasteiger partial charge in [-0.05, 0) is 35.8 Å². The average Bonchev–Trinajstić information content (AvgIpc) is 2.82. The molecule has 0 amide bonds. The number of benzene rings is 1. The Morgan fingerprint density at radius 1 is 1.24 bits per heavy atom. The lowest BCUT2D eigenvalue weighted by atomic mass is 9.93. The Morgan fingerprint density at radius 3 is 2.41 bits per heavy atom. The lowest BCUT2D eigenvalue weighted by molar-refractivity contribution is 0.182. The lowest BCUT2D eigenvalue weighted by Gasteiger charge is -2.16. The maximum Gasteiger partial charge on any atom is 0.0495 e. The van der Waals surface area contributed by atoms with E-state index in [1.807, 2.05) is 0 Å². The Morgan fingerprint density at radius 2 is 1.88 bits per heavy atom. The van der Waals surface area contributed by atoms with Crippen molar-refractivity contribution in [2.45, 2.75) is 38.6 Å². The summed E-state index contributed by atoms with van der Waals surface area (Å²) >= 11 is 0. The zero-order chi connectivity index (χ0) is 12.3. The maximum absolute atomic E-state index is 6.25. The van der Waals surface area contributed by atoms with Crippen molar-refractivity contribution in [3.05, 3.63) is 35.4 Å². The molecule has 94 valence electrons. The minimum Gasteiger partial charge on any atom is -0.381 e. The number of hydrogen-bond acceptors (Lipinski definition) is 2. The summed E-state index contributed by atoms with van der Waals surface area (Å²) in [5.74, 6) is 1.23. The van der Waals surface area contributed by atoms with Crippen LogP contribution in [0.3, 0.4) is 0 Å². The Bertz CT molecular complexity index is 338. The molecule has 1 heterocycles. The highest BCUT2D eigenvalue weighted by molar-refractivity contribution is 5.26. The van der Waals surface area contributed by atoms with Gasteiger partial charge >= 0.3 is 0 Å². The molecular weight excluding hydrogens is 210 g/mol. The molecule has 1 aromatic carbocycles. The highest BCUT2D eigenvalue weighted by atomic mass is 16.5. The van der Waals surface area contributed by atoms with Gasteiger partial charge in [0, 0.05) is 19.3 Å². The Kier molecular flexibility index (Phi) is 4.19. The summed E-state index contributed by atoms with van der Waals surface area (Å²) in [4.78, 5) is 0. The van der Waals surface area contributed by atoms with E-state index in [-0.39, 0.29) is 6.04 Å². The van der Waals surface area contributed by atoms with E-state index < -0.39 is 0 Å². The molecule has 1 fully saturated rings. The fraction of sp³-hybridized carbons (Fsp3) is 0.600. The molecule has 0 spiro atoms. The summed E-state index contributed by atoms with van der Waals surface area (Å²) in [6, 6.07) is 8.91. The minimum atomic E-state index is 0.155. The average molecular weight is 233 g/mol. The fourth-order valence-electron chi connectivity index (χ4n) is 2.39. The van der Waals surface area contributed by atoms with E-state index in [0.29, 0.717) is 11.8 Å². The largest absolute Gasteiger partial charge is 0.381 e. The molecule has 2 rings (SSSR count). The molecule has 2 atom stereocenters. The van der Waals surface area contributed by atoms with E-state index in [9.17, 15) is 0 Å². The molecule has 0 radical (unpaired) electrons. The third-order valence-electron chi connectivity index (χ3n) is 3.64. The van der Waals surface area contributed by atoms with Crippen LogP contribution in [0.25, 0.3) is 0 Å². The van der Waals surface area contributed by atoms with Crippen LogP contribution in [0.2, 0.25) is 0 Å². The molecule has 1 aromatic rings. The van der Waals surface area contributed by atoms with Crippen LogP contribution >= 0.6 is 0 Å². The molecule has 2 nitrogen and oxygen atoms in total. The SMILES string of the molecule is CC(C)c1ccc(C(N)CC2CCOC2)cc1.